The summed E-state index contributed by atoms with van der Waals surface area (Å²) in [7, 11) is 0. The molecule has 0 bridgehead atoms. The fourth-order valence-corrected chi connectivity index (χ4v) is 0.800. The molecule has 0 aromatic rings. The van der Waals surface area contributed by atoms with Gasteiger partial charge in [0.25, 0.3) is 0 Å². The smallest absolute Gasteiger partial charge is 0.250 e. The predicted octanol–water partition coefficient (Wildman–Crippen LogP) is -0.403. The summed E-state index contributed by atoms with van der Waals surface area (Å²) in [6.45, 7) is 2.47. The van der Waals surface area contributed by atoms with Gasteiger partial charge in [-0.1, -0.05) is 0 Å². The summed E-state index contributed by atoms with van der Waals surface area (Å²) in [5, 5.41) is 12.9. The molecule has 1 aliphatic rings. The maximum Gasteiger partial charge on any atom is 0.250 e. The van der Waals surface area contributed by atoms with E-state index >= 15 is 0 Å². The van der Waals surface area contributed by atoms with Gasteiger partial charge >= 0.3 is 0 Å². The number of rotatable bonds is 2. The summed E-state index contributed by atoms with van der Waals surface area (Å²) in [4.78, 5) is 11.2. The van der Waals surface area contributed by atoms with Crippen molar-refractivity contribution in [1.82, 2.24) is 10.2 Å². The number of hydrogen-bond donors (Lipinski definition) is 1. The first-order valence-electron chi connectivity index (χ1n) is 3.05. The lowest BCUT2D eigenvalue weighted by atomic mass is 10.6. The zero-order valence-corrected chi connectivity index (χ0v) is 5.49. The molecule has 5 heteroatoms. The first-order valence-corrected chi connectivity index (χ1v) is 3.05. The third-order valence-electron chi connectivity index (χ3n) is 1.29. The summed E-state index contributed by atoms with van der Waals surface area (Å²) in [5.74, 6) is 0. The molecule has 0 aromatic heterocycles. The second kappa shape index (κ2) is 3.17. The molecule has 0 spiro atoms. The van der Waals surface area contributed by atoms with Gasteiger partial charge in [-0.2, -0.15) is 0 Å². The minimum atomic E-state index is -0.460. The van der Waals surface area contributed by atoms with Crippen LogP contribution >= 0.6 is 0 Å². The first kappa shape index (κ1) is 7.01. The van der Waals surface area contributed by atoms with Gasteiger partial charge in [-0.15, -0.1) is 0 Å². The van der Waals surface area contributed by atoms with Crippen LogP contribution in [0.5, 0.6) is 0 Å². The Kier molecular flexibility index (Phi) is 2.22. The summed E-state index contributed by atoms with van der Waals surface area (Å²) >= 11 is 0. The van der Waals surface area contributed by atoms with Gasteiger partial charge in [0.2, 0.25) is 6.20 Å². The van der Waals surface area contributed by atoms with E-state index in [4.69, 9.17) is 0 Å². The molecule has 1 aliphatic heterocycles. The SMILES string of the molecule is O=[N+]([O-])C=CN1CCNC1. The molecule has 1 N–H and O–H groups in total. The fourth-order valence-electron chi connectivity index (χ4n) is 0.800. The normalized spacial score (nSPS) is 18.6. The van der Waals surface area contributed by atoms with E-state index in [1.165, 1.54) is 6.20 Å². The lowest BCUT2D eigenvalue weighted by molar-refractivity contribution is -0.403. The van der Waals surface area contributed by atoms with Crippen LogP contribution in [0.4, 0.5) is 0 Å². The highest BCUT2D eigenvalue weighted by atomic mass is 16.6. The standard InChI is InChI=1S/C5H9N3O2/c9-8(10)4-3-7-2-1-6-5-7/h3-4,6H,1-2,5H2. The topological polar surface area (TPSA) is 58.4 Å². The van der Waals surface area contributed by atoms with Crippen molar-refractivity contribution in [2.75, 3.05) is 19.8 Å². The Morgan fingerprint density at radius 2 is 2.50 bits per heavy atom. The lowest BCUT2D eigenvalue weighted by Gasteiger charge is -2.05. The van der Waals surface area contributed by atoms with Crippen molar-refractivity contribution in [2.45, 2.75) is 0 Å². The lowest BCUT2D eigenvalue weighted by Crippen LogP contribution is -2.15. The molecular weight excluding hydrogens is 134 g/mol. The van der Waals surface area contributed by atoms with Gasteiger partial charge < -0.3 is 4.90 Å². The van der Waals surface area contributed by atoms with Crippen molar-refractivity contribution in [1.29, 1.82) is 0 Å². The molecule has 0 aromatic carbocycles. The molecule has 10 heavy (non-hydrogen) atoms. The molecule has 0 saturated carbocycles. The zero-order chi connectivity index (χ0) is 7.40. The number of hydrogen-bond acceptors (Lipinski definition) is 4. The minimum absolute atomic E-state index is 0.460. The van der Waals surface area contributed by atoms with Gasteiger partial charge in [-0.05, 0) is 0 Å². The van der Waals surface area contributed by atoms with Crippen LogP contribution in [0, 0.1) is 10.1 Å². The molecule has 0 unspecified atom stereocenters. The van der Waals surface area contributed by atoms with Gasteiger partial charge in [0.05, 0.1) is 17.8 Å². The molecule has 5 nitrogen and oxygen atoms in total. The molecule has 1 fully saturated rings. The molecule has 1 saturated heterocycles. The minimum Gasteiger partial charge on any atom is -0.358 e. The molecule has 0 radical (unpaired) electrons. The molecule has 1 heterocycles. The summed E-state index contributed by atoms with van der Waals surface area (Å²) in [5.41, 5.74) is 0. The van der Waals surface area contributed by atoms with E-state index in [1.54, 1.807) is 0 Å². The number of nitrogens with one attached hydrogen (secondary N) is 1. The Hall–Kier alpha value is -1.10. The van der Waals surface area contributed by atoms with Crippen molar-refractivity contribution in [3.05, 3.63) is 22.5 Å². The highest BCUT2D eigenvalue weighted by molar-refractivity contribution is 4.78. The van der Waals surface area contributed by atoms with Crippen LogP contribution in [0.15, 0.2) is 12.4 Å². The van der Waals surface area contributed by atoms with Crippen LogP contribution in [0.1, 0.15) is 0 Å². The average molecular weight is 143 g/mol. The summed E-state index contributed by atoms with van der Waals surface area (Å²) in [6.07, 6.45) is 2.44. The van der Waals surface area contributed by atoms with E-state index in [2.05, 4.69) is 5.32 Å². The largest absolute Gasteiger partial charge is 0.358 e. The van der Waals surface area contributed by atoms with Crippen LogP contribution in [0.3, 0.4) is 0 Å². The quantitative estimate of drug-likeness (QED) is 0.422. The number of nitrogens with zero attached hydrogens (tertiary/aromatic N) is 2. The molecule has 1 rings (SSSR count). The van der Waals surface area contributed by atoms with Gasteiger partial charge in [0.15, 0.2) is 0 Å². The Morgan fingerprint density at radius 3 is 3.00 bits per heavy atom. The van der Waals surface area contributed by atoms with Gasteiger partial charge in [0, 0.05) is 13.1 Å². The Morgan fingerprint density at radius 1 is 1.70 bits per heavy atom. The highest BCUT2D eigenvalue weighted by Gasteiger charge is 2.05. The van der Waals surface area contributed by atoms with Gasteiger partial charge in [-0.25, -0.2) is 0 Å². The van der Waals surface area contributed by atoms with E-state index < -0.39 is 4.92 Å². The summed E-state index contributed by atoms with van der Waals surface area (Å²) in [6, 6.07) is 0. The number of nitro groups is 1. The molecule has 0 amide bonds. The van der Waals surface area contributed by atoms with Crippen LogP contribution in [0.2, 0.25) is 0 Å². The maximum absolute atomic E-state index is 9.83. The van der Waals surface area contributed by atoms with E-state index in [0.717, 1.165) is 19.3 Å². The molecule has 0 aliphatic carbocycles. The van der Waals surface area contributed by atoms with Crippen molar-refractivity contribution in [3.63, 3.8) is 0 Å². The van der Waals surface area contributed by atoms with Crippen molar-refractivity contribution in [3.8, 4) is 0 Å². The third kappa shape index (κ3) is 2.02. The van der Waals surface area contributed by atoms with Crippen LogP contribution in [-0.4, -0.2) is 29.6 Å². The first-order chi connectivity index (χ1) is 4.79. The molecule has 56 valence electrons. The van der Waals surface area contributed by atoms with Gasteiger partial charge in [-0.3, -0.25) is 15.4 Å². The second-order valence-corrected chi connectivity index (χ2v) is 2.05. The van der Waals surface area contributed by atoms with E-state index in [9.17, 15) is 10.1 Å². The van der Waals surface area contributed by atoms with Crippen molar-refractivity contribution >= 4 is 0 Å². The van der Waals surface area contributed by atoms with Crippen LogP contribution in [-0.2, 0) is 0 Å². The maximum atomic E-state index is 9.83. The van der Waals surface area contributed by atoms with E-state index in [-0.39, 0.29) is 0 Å². The fraction of sp³-hybridized carbons (Fsp3) is 0.600. The van der Waals surface area contributed by atoms with E-state index in [1.807, 2.05) is 4.90 Å². The second-order valence-electron chi connectivity index (χ2n) is 2.05. The van der Waals surface area contributed by atoms with Crippen molar-refractivity contribution < 1.29 is 4.92 Å². The molecule has 0 atom stereocenters. The predicted molar refractivity (Wildman–Crippen MR) is 35.7 cm³/mol. The molecular formula is C5H9N3O2. The average Bonchev–Trinajstić information content (AvgIpc) is 2.34. The Balaban J connectivity index is 2.29. The Bertz CT molecular complexity index is 151. The zero-order valence-electron chi connectivity index (χ0n) is 5.49. The summed E-state index contributed by atoms with van der Waals surface area (Å²) < 4.78 is 0. The third-order valence-corrected chi connectivity index (χ3v) is 1.29. The highest BCUT2D eigenvalue weighted by Crippen LogP contribution is 1.92. The van der Waals surface area contributed by atoms with Gasteiger partial charge in [0.1, 0.15) is 0 Å². The van der Waals surface area contributed by atoms with Crippen LogP contribution < -0.4 is 5.32 Å². The monoisotopic (exact) mass is 143 g/mol. The van der Waals surface area contributed by atoms with Crippen LogP contribution in [0.25, 0.3) is 0 Å². The van der Waals surface area contributed by atoms with E-state index in [0.29, 0.717) is 6.67 Å². The Labute approximate surface area is 58.5 Å². The van der Waals surface area contributed by atoms with Crippen molar-refractivity contribution in [2.24, 2.45) is 0 Å².